The van der Waals surface area contributed by atoms with Gasteiger partial charge in [0.05, 0.1) is 0 Å². The van der Waals surface area contributed by atoms with Crippen molar-refractivity contribution in [3.8, 4) is 0 Å². The summed E-state index contributed by atoms with van der Waals surface area (Å²) in [5, 5.41) is 12.3. The molecule has 1 unspecified atom stereocenters. The number of nitrogens with one attached hydrogen (secondary N) is 1. The number of rotatable bonds is 3. The lowest BCUT2D eigenvalue weighted by Crippen LogP contribution is -2.47. The van der Waals surface area contributed by atoms with Crippen LogP contribution in [0.3, 0.4) is 0 Å². The highest BCUT2D eigenvalue weighted by Gasteiger charge is 2.31. The first-order valence-electron chi connectivity index (χ1n) is 5.82. The standard InChI is InChI=1S/C12H13F3N2O2/c13-8-6-10(15)9(14)5-7(8)11(12(18)19)17-3-1-16-2-4-17/h5-6,11,16H,1-4H2,(H,18,19). The Kier molecular flexibility index (Phi) is 4.06. The zero-order valence-corrected chi connectivity index (χ0v) is 10.00. The lowest BCUT2D eigenvalue weighted by molar-refractivity contribution is -0.144. The molecule has 0 saturated carbocycles. The Balaban J connectivity index is 2.38. The van der Waals surface area contributed by atoms with Crippen LogP contribution in [0.4, 0.5) is 13.2 Å². The van der Waals surface area contributed by atoms with Crippen LogP contribution in [0.25, 0.3) is 0 Å². The van der Waals surface area contributed by atoms with Gasteiger partial charge in [-0.3, -0.25) is 9.69 Å². The van der Waals surface area contributed by atoms with E-state index >= 15 is 0 Å². The molecular formula is C12H13F3N2O2. The van der Waals surface area contributed by atoms with Crippen molar-refractivity contribution in [3.63, 3.8) is 0 Å². The third-order valence-corrected chi connectivity index (χ3v) is 3.08. The summed E-state index contributed by atoms with van der Waals surface area (Å²) < 4.78 is 39.7. The number of halogens is 3. The van der Waals surface area contributed by atoms with E-state index in [1.165, 1.54) is 4.90 Å². The Hall–Kier alpha value is -1.60. The maximum Gasteiger partial charge on any atom is 0.325 e. The molecule has 0 bridgehead atoms. The summed E-state index contributed by atoms with van der Waals surface area (Å²) in [7, 11) is 0. The summed E-state index contributed by atoms with van der Waals surface area (Å²) in [6, 6.07) is -0.314. The lowest BCUT2D eigenvalue weighted by atomic mass is 10.0. The molecule has 1 heterocycles. The SMILES string of the molecule is O=C(O)C(c1cc(F)c(F)cc1F)N1CCNCC1. The van der Waals surface area contributed by atoms with Gasteiger partial charge in [-0.05, 0) is 6.07 Å². The molecule has 2 rings (SSSR count). The smallest absolute Gasteiger partial charge is 0.325 e. The molecule has 4 nitrogen and oxygen atoms in total. The topological polar surface area (TPSA) is 52.6 Å². The van der Waals surface area contributed by atoms with Crippen molar-refractivity contribution in [1.29, 1.82) is 0 Å². The van der Waals surface area contributed by atoms with Crippen molar-refractivity contribution in [2.75, 3.05) is 26.2 Å². The Morgan fingerprint density at radius 1 is 1.16 bits per heavy atom. The van der Waals surface area contributed by atoms with Gasteiger partial charge in [0.15, 0.2) is 11.6 Å². The number of carboxylic acids is 1. The van der Waals surface area contributed by atoms with Crippen LogP contribution in [0, 0.1) is 17.5 Å². The molecule has 7 heteroatoms. The molecule has 1 aromatic carbocycles. The zero-order valence-electron chi connectivity index (χ0n) is 10.00. The second kappa shape index (κ2) is 5.58. The van der Waals surface area contributed by atoms with Crippen LogP contribution in [-0.2, 0) is 4.79 Å². The van der Waals surface area contributed by atoms with E-state index in [2.05, 4.69) is 5.32 Å². The number of carboxylic acid groups (broad SMARTS) is 1. The molecule has 2 N–H and O–H groups in total. The predicted octanol–water partition coefficient (Wildman–Crippen LogP) is 1.13. The van der Waals surface area contributed by atoms with Crippen molar-refractivity contribution in [2.45, 2.75) is 6.04 Å². The van der Waals surface area contributed by atoms with Crippen LogP contribution in [0.15, 0.2) is 12.1 Å². The van der Waals surface area contributed by atoms with Crippen LogP contribution in [-0.4, -0.2) is 42.2 Å². The summed E-state index contributed by atoms with van der Waals surface area (Å²) in [6.07, 6.45) is 0. The van der Waals surface area contributed by atoms with Crippen molar-refractivity contribution < 1.29 is 23.1 Å². The summed E-state index contributed by atoms with van der Waals surface area (Å²) in [5.74, 6) is -4.92. The Bertz CT molecular complexity index is 490. The maximum absolute atomic E-state index is 13.7. The van der Waals surface area contributed by atoms with E-state index in [0.29, 0.717) is 38.3 Å². The fraction of sp³-hybridized carbons (Fsp3) is 0.417. The van der Waals surface area contributed by atoms with Gasteiger partial charge in [0.25, 0.3) is 0 Å². The number of carbonyl (C=O) groups is 1. The monoisotopic (exact) mass is 274 g/mol. The minimum absolute atomic E-state index is 0.353. The first kappa shape index (κ1) is 13.8. The molecule has 1 fully saturated rings. The second-order valence-electron chi connectivity index (χ2n) is 4.31. The highest BCUT2D eigenvalue weighted by Crippen LogP contribution is 2.26. The van der Waals surface area contributed by atoms with E-state index in [1.807, 2.05) is 0 Å². The van der Waals surface area contributed by atoms with Gasteiger partial charge < -0.3 is 10.4 Å². The van der Waals surface area contributed by atoms with E-state index < -0.39 is 29.5 Å². The van der Waals surface area contributed by atoms with Gasteiger partial charge in [-0.25, -0.2) is 13.2 Å². The summed E-state index contributed by atoms with van der Waals surface area (Å²) in [5.41, 5.74) is -0.353. The van der Waals surface area contributed by atoms with E-state index in [4.69, 9.17) is 0 Å². The fourth-order valence-corrected chi connectivity index (χ4v) is 2.17. The normalized spacial score (nSPS) is 18.3. The maximum atomic E-state index is 13.7. The summed E-state index contributed by atoms with van der Waals surface area (Å²) >= 11 is 0. The van der Waals surface area contributed by atoms with Gasteiger partial charge >= 0.3 is 5.97 Å². The van der Waals surface area contributed by atoms with Crippen molar-refractivity contribution in [1.82, 2.24) is 10.2 Å². The van der Waals surface area contributed by atoms with Gasteiger partial charge in [-0.1, -0.05) is 0 Å². The first-order chi connectivity index (χ1) is 9.00. The molecule has 1 atom stereocenters. The first-order valence-corrected chi connectivity index (χ1v) is 5.82. The molecule has 0 aliphatic carbocycles. The van der Waals surface area contributed by atoms with E-state index in [1.54, 1.807) is 0 Å². The van der Waals surface area contributed by atoms with E-state index in [0.717, 1.165) is 0 Å². The van der Waals surface area contributed by atoms with Gasteiger partial charge in [0, 0.05) is 37.8 Å². The average Bonchev–Trinajstić information content (AvgIpc) is 2.37. The Morgan fingerprint density at radius 3 is 2.32 bits per heavy atom. The molecule has 1 aliphatic heterocycles. The minimum atomic E-state index is -1.33. The van der Waals surface area contributed by atoms with E-state index in [-0.39, 0.29) is 5.56 Å². The molecule has 19 heavy (non-hydrogen) atoms. The minimum Gasteiger partial charge on any atom is -0.480 e. The molecular weight excluding hydrogens is 261 g/mol. The fourth-order valence-electron chi connectivity index (χ4n) is 2.17. The van der Waals surface area contributed by atoms with Crippen molar-refractivity contribution >= 4 is 5.97 Å². The van der Waals surface area contributed by atoms with Crippen LogP contribution in [0.2, 0.25) is 0 Å². The molecule has 1 aromatic rings. The van der Waals surface area contributed by atoms with Gasteiger partial charge in [-0.15, -0.1) is 0 Å². The Labute approximate surface area is 107 Å². The Morgan fingerprint density at radius 2 is 1.74 bits per heavy atom. The van der Waals surface area contributed by atoms with Gasteiger partial charge in [0.2, 0.25) is 0 Å². The van der Waals surface area contributed by atoms with Crippen LogP contribution >= 0.6 is 0 Å². The summed E-state index contributed by atoms with van der Waals surface area (Å²) in [4.78, 5) is 12.8. The third-order valence-electron chi connectivity index (χ3n) is 3.08. The van der Waals surface area contributed by atoms with Crippen LogP contribution < -0.4 is 5.32 Å². The van der Waals surface area contributed by atoms with E-state index in [9.17, 15) is 23.1 Å². The number of nitrogens with zero attached hydrogens (tertiary/aromatic N) is 1. The molecule has 1 aliphatic rings. The van der Waals surface area contributed by atoms with Gasteiger partial charge in [-0.2, -0.15) is 0 Å². The van der Waals surface area contributed by atoms with Gasteiger partial charge in [0.1, 0.15) is 11.9 Å². The molecule has 0 amide bonds. The molecule has 0 radical (unpaired) electrons. The molecule has 0 aromatic heterocycles. The number of benzene rings is 1. The lowest BCUT2D eigenvalue weighted by Gasteiger charge is -2.32. The average molecular weight is 274 g/mol. The van der Waals surface area contributed by atoms with Crippen molar-refractivity contribution in [3.05, 3.63) is 35.1 Å². The number of hydrogen-bond donors (Lipinski definition) is 2. The largest absolute Gasteiger partial charge is 0.480 e. The summed E-state index contributed by atoms with van der Waals surface area (Å²) in [6.45, 7) is 1.93. The number of aliphatic carboxylic acids is 1. The predicted molar refractivity (Wildman–Crippen MR) is 61.1 cm³/mol. The van der Waals surface area contributed by atoms with Crippen LogP contribution in [0.5, 0.6) is 0 Å². The molecule has 1 saturated heterocycles. The van der Waals surface area contributed by atoms with Crippen molar-refractivity contribution in [2.24, 2.45) is 0 Å². The number of piperazine rings is 1. The molecule has 104 valence electrons. The highest BCUT2D eigenvalue weighted by molar-refractivity contribution is 5.75. The third kappa shape index (κ3) is 2.87. The zero-order chi connectivity index (χ0) is 14.0. The quantitative estimate of drug-likeness (QED) is 0.811. The molecule has 0 spiro atoms. The highest BCUT2D eigenvalue weighted by atomic mass is 19.2. The second-order valence-corrected chi connectivity index (χ2v) is 4.31. The number of hydrogen-bond acceptors (Lipinski definition) is 3. The van der Waals surface area contributed by atoms with Crippen LogP contribution in [0.1, 0.15) is 11.6 Å².